The highest BCUT2D eigenvalue weighted by Crippen LogP contribution is 2.22. The normalized spacial score (nSPS) is 10.6. The highest BCUT2D eigenvalue weighted by atomic mass is 16.4. The number of carboxylic acids is 1. The molecule has 1 N–H and O–H groups in total. The first-order valence-corrected chi connectivity index (χ1v) is 6.37. The first kappa shape index (κ1) is 14.0. The Balaban J connectivity index is 2.17. The molecule has 2 heterocycles. The molecule has 0 unspecified atom stereocenters. The molecule has 0 aliphatic rings. The van der Waals surface area contributed by atoms with Crippen molar-refractivity contribution >= 4 is 11.8 Å². The number of aromatic nitrogens is 3. The Morgan fingerprint density at radius 3 is 2.65 bits per heavy atom. The van der Waals surface area contributed by atoms with Gasteiger partial charge in [0.1, 0.15) is 11.4 Å². The van der Waals surface area contributed by atoms with E-state index in [1.165, 1.54) is 5.56 Å². The third-order valence-electron chi connectivity index (χ3n) is 3.25. The van der Waals surface area contributed by atoms with Crippen LogP contribution in [0.15, 0.2) is 24.5 Å². The van der Waals surface area contributed by atoms with Crippen molar-refractivity contribution < 1.29 is 9.90 Å². The van der Waals surface area contributed by atoms with Crippen molar-refractivity contribution in [3.63, 3.8) is 0 Å². The van der Waals surface area contributed by atoms with Crippen molar-refractivity contribution in [2.24, 2.45) is 7.05 Å². The van der Waals surface area contributed by atoms with Crippen molar-refractivity contribution in [1.29, 1.82) is 0 Å². The molecule has 106 valence electrons. The fourth-order valence-corrected chi connectivity index (χ4v) is 2.29. The summed E-state index contributed by atoms with van der Waals surface area (Å²) in [6.07, 6.45) is 4.33. The number of carboxylic acid groups (broad SMARTS) is 1. The van der Waals surface area contributed by atoms with Crippen LogP contribution in [-0.2, 0) is 13.5 Å². The molecule has 0 aliphatic carbocycles. The van der Waals surface area contributed by atoms with Crippen molar-refractivity contribution in [3.05, 3.63) is 41.3 Å². The topological polar surface area (TPSA) is 71.2 Å². The van der Waals surface area contributed by atoms with Gasteiger partial charge in [-0.05, 0) is 31.0 Å². The lowest BCUT2D eigenvalue weighted by Crippen LogP contribution is -2.24. The second kappa shape index (κ2) is 5.73. The average Bonchev–Trinajstić information content (AvgIpc) is 2.72. The summed E-state index contributed by atoms with van der Waals surface area (Å²) in [5.41, 5.74) is 1.97. The lowest BCUT2D eigenvalue weighted by atomic mass is 10.2. The van der Waals surface area contributed by atoms with Crippen molar-refractivity contribution in [2.75, 3.05) is 18.5 Å². The zero-order valence-electron chi connectivity index (χ0n) is 11.9. The van der Waals surface area contributed by atoms with Gasteiger partial charge in [-0.2, -0.15) is 5.10 Å². The van der Waals surface area contributed by atoms with Gasteiger partial charge in [-0.1, -0.05) is 0 Å². The van der Waals surface area contributed by atoms with E-state index in [0.29, 0.717) is 18.1 Å². The Kier molecular flexibility index (Phi) is 4.02. The lowest BCUT2D eigenvalue weighted by Gasteiger charge is -2.20. The number of hydrogen-bond donors (Lipinski definition) is 1. The molecule has 0 atom stereocenters. The van der Waals surface area contributed by atoms with E-state index in [1.54, 1.807) is 31.0 Å². The molecule has 0 spiro atoms. The molecule has 0 saturated heterocycles. The third kappa shape index (κ3) is 2.79. The number of hydrogen-bond acceptors (Lipinski definition) is 4. The fourth-order valence-electron chi connectivity index (χ4n) is 2.29. The Labute approximate surface area is 117 Å². The highest BCUT2D eigenvalue weighted by Gasteiger charge is 2.22. The summed E-state index contributed by atoms with van der Waals surface area (Å²) in [4.78, 5) is 17.2. The quantitative estimate of drug-likeness (QED) is 0.894. The maximum Gasteiger partial charge on any atom is 0.341 e. The van der Waals surface area contributed by atoms with E-state index in [0.717, 1.165) is 6.42 Å². The predicted octanol–water partition coefficient (Wildman–Crippen LogP) is 1.50. The summed E-state index contributed by atoms with van der Waals surface area (Å²) in [5.74, 6) is -0.314. The van der Waals surface area contributed by atoms with Gasteiger partial charge in [0.25, 0.3) is 0 Å². The summed E-state index contributed by atoms with van der Waals surface area (Å²) in [6, 6.07) is 3.92. The Bertz CT molecular complexity index is 607. The molecule has 0 radical (unpaired) electrons. The minimum absolute atomic E-state index is 0.268. The molecule has 2 aromatic rings. The molecule has 20 heavy (non-hydrogen) atoms. The van der Waals surface area contributed by atoms with Crippen LogP contribution in [0.5, 0.6) is 0 Å². The van der Waals surface area contributed by atoms with E-state index in [9.17, 15) is 9.90 Å². The SMILES string of the molecule is Cc1nn(C)c(N(C)CCc2ccncc2)c1C(=O)O. The van der Waals surface area contributed by atoms with Gasteiger partial charge in [0.05, 0.1) is 5.69 Å². The first-order chi connectivity index (χ1) is 9.50. The molecular formula is C14H18N4O2. The van der Waals surface area contributed by atoms with Crippen LogP contribution in [0.25, 0.3) is 0 Å². The molecule has 0 amide bonds. The van der Waals surface area contributed by atoms with Gasteiger partial charge in [0.2, 0.25) is 0 Å². The van der Waals surface area contributed by atoms with Crippen LogP contribution in [0.3, 0.4) is 0 Å². The van der Waals surface area contributed by atoms with Crippen molar-refractivity contribution in [2.45, 2.75) is 13.3 Å². The van der Waals surface area contributed by atoms with Crippen molar-refractivity contribution in [3.8, 4) is 0 Å². The smallest absolute Gasteiger partial charge is 0.341 e. The molecule has 0 aromatic carbocycles. The summed E-state index contributed by atoms with van der Waals surface area (Å²) >= 11 is 0. The maximum absolute atomic E-state index is 11.3. The lowest BCUT2D eigenvalue weighted by molar-refractivity contribution is 0.0696. The number of carbonyl (C=O) groups is 1. The number of nitrogens with zero attached hydrogens (tertiary/aromatic N) is 4. The highest BCUT2D eigenvalue weighted by molar-refractivity contribution is 5.94. The van der Waals surface area contributed by atoms with E-state index in [-0.39, 0.29) is 5.56 Å². The fraction of sp³-hybridized carbons (Fsp3) is 0.357. The van der Waals surface area contributed by atoms with Gasteiger partial charge in [-0.15, -0.1) is 0 Å². The average molecular weight is 274 g/mol. The molecular weight excluding hydrogens is 256 g/mol. The van der Waals surface area contributed by atoms with Gasteiger partial charge in [-0.3, -0.25) is 9.67 Å². The summed E-state index contributed by atoms with van der Waals surface area (Å²) in [7, 11) is 3.64. The number of likely N-dealkylation sites (N-methyl/N-ethyl adjacent to an activating group) is 1. The largest absolute Gasteiger partial charge is 0.477 e. The van der Waals surface area contributed by atoms with Crippen molar-refractivity contribution in [1.82, 2.24) is 14.8 Å². The zero-order valence-corrected chi connectivity index (χ0v) is 11.9. The molecule has 6 nitrogen and oxygen atoms in total. The Morgan fingerprint density at radius 2 is 2.05 bits per heavy atom. The minimum atomic E-state index is -0.943. The Hall–Kier alpha value is -2.37. The van der Waals surface area contributed by atoms with Gasteiger partial charge >= 0.3 is 5.97 Å². The molecule has 0 fully saturated rings. The number of aryl methyl sites for hydroxylation is 2. The Morgan fingerprint density at radius 1 is 1.40 bits per heavy atom. The second-order valence-electron chi connectivity index (χ2n) is 4.74. The van der Waals surface area contributed by atoms with E-state index < -0.39 is 5.97 Å². The standard InChI is InChI=1S/C14H18N4O2/c1-10-12(14(19)20)13(18(3)16-10)17(2)9-6-11-4-7-15-8-5-11/h4-5,7-8H,6,9H2,1-3H3,(H,19,20). The minimum Gasteiger partial charge on any atom is -0.477 e. The summed E-state index contributed by atoms with van der Waals surface area (Å²) in [5, 5.41) is 13.5. The van der Waals surface area contributed by atoms with Crippen LogP contribution in [-0.4, -0.2) is 39.4 Å². The van der Waals surface area contributed by atoms with E-state index in [2.05, 4.69) is 10.1 Å². The molecule has 2 aromatic heterocycles. The van der Waals surface area contributed by atoms with Crippen LogP contribution in [0.4, 0.5) is 5.82 Å². The van der Waals surface area contributed by atoms with E-state index in [1.807, 2.05) is 24.1 Å². The van der Waals surface area contributed by atoms with Crippen LogP contribution in [0.2, 0.25) is 0 Å². The van der Waals surface area contributed by atoms with Crippen LogP contribution >= 0.6 is 0 Å². The zero-order chi connectivity index (χ0) is 14.7. The maximum atomic E-state index is 11.3. The molecule has 0 bridgehead atoms. The predicted molar refractivity (Wildman–Crippen MR) is 76.1 cm³/mol. The van der Waals surface area contributed by atoms with Crippen LogP contribution in [0, 0.1) is 6.92 Å². The molecule has 0 aliphatic heterocycles. The monoisotopic (exact) mass is 274 g/mol. The third-order valence-corrected chi connectivity index (χ3v) is 3.25. The van der Waals surface area contributed by atoms with Crippen LogP contribution < -0.4 is 4.90 Å². The van der Waals surface area contributed by atoms with E-state index >= 15 is 0 Å². The number of pyridine rings is 1. The molecule has 0 saturated carbocycles. The summed E-state index contributed by atoms with van der Waals surface area (Å²) in [6.45, 7) is 2.42. The first-order valence-electron chi connectivity index (χ1n) is 6.37. The number of anilines is 1. The van der Waals surface area contributed by atoms with Gasteiger partial charge in [-0.25, -0.2) is 4.79 Å². The molecule has 2 rings (SSSR count). The molecule has 6 heteroatoms. The number of aromatic carboxylic acids is 1. The van der Waals surface area contributed by atoms with E-state index in [4.69, 9.17) is 0 Å². The van der Waals surface area contributed by atoms with Gasteiger partial charge < -0.3 is 10.0 Å². The van der Waals surface area contributed by atoms with Gasteiger partial charge in [0, 0.05) is 33.0 Å². The van der Waals surface area contributed by atoms with Gasteiger partial charge in [0.15, 0.2) is 0 Å². The van der Waals surface area contributed by atoms with Crippen LogP contribution in [0.1, 0.15) is 21.6 Å². The summed E-state index contributed by atoms with van der Waals surface area (Å²) < 4.78 is 1.62. The number of rotatable bonds is 5. The second-order valence-corrected chi connectivity index (χ2v) is 4.74.